The van der Waals surface area contributed by atoms with Crippen LogP contribution in [0, 0.1) is 5.41 Å². The molecule has 0 radical (unpaired) electrons. The zero-order valence-electron chi connectivity index (χ0n) is 16.0. The van der Waals surface area contributed by atoms with E-state index in [2.05, 4.69) is 0 Å². The molecule has 1 amide bonds. The summed E-state index contributed by atoms with van der Waals surface area (Å²) in [5.41, 5.74) is 7.58. The van der Waals surface area contributed by atoms with Crippen molar-refractivity contribution in [2.45, 2.75) is 38.5 Å². The quantitative estimate of drug-likeness (QED) is 0.810. The maximum Gasteiger partial charge on any atom is 0.242 e. The van der Waals surface area contributed by atoms with Crippen molar-refractivity contribution in [2.75, 3.05) is 33.2 Å². The van der Waals surface area contributed by atoms with Gasteiger partial charge >= 0.3 is 0 Å². The van der Waals surface area contributed by atoms with Crippen molar-refractivity contribution in [3.05, 3.63) is 29.3 Å². The van der Waals surface area contributed by atoms with E-state index in [1.807, 2.05) is 24.8 Å². The summed E-state index contributed by atoms with van der Waals surface area (Å²) in [7, 11) is -1.97. The SMILES string of the molecule is CC(=O)N1CCc2ccc(S(=O)(=O)N(C)CC(C)(C)CN)cc2CC1.Cl. The molecule has 1 aromatic carbocycles. The van der Waals surface area contributed by atoms with Crippen LogP contribution in [0.3, 0.4) is 0 Å². The summed E-state index contributed by atoms with van der Waals surface area (Å²) in [5, 5.41) is 0. The fraction of sp³-hybridized carbons (Fsp3) is 0.611. The van der Waals surface area contributed by atoms with Crippen molar-refractivity contribution in [1.82, 2.24) is 9.21 Å². The van der Waals surface area contributed by atoms with Crippen LogP contribution in [-0.4, -0.2) is 56.8 Å². The predicted octanol–water partition coefficient (Wildman–Crippen LogP) is 1.66. The van der Waals surface area contributed by atoms with Gasteiger partial charge in [-0.25, -0.2) is 12.7 Å². The second kappa shape index (κ2) is 8.69. The number of hydrogen-bond acceptors (Lipinski definition) is 4. The molecule has 1 heterocycles. The van der Waals surface area contributed by atoms with Crippen molar-refractivity contribution in [3.8, 4) is 0 Å². The lowest BCUT2D eigenvalue weighted by Gasteiger charge is -2.28. The van der Waals surface area contributed by atoms with Gasteiger partial charge in [0.2, 0.25) is 15.9 Å². The van der Waals surface area contributed by atoms with E-state index in [9.17, 15) is 13.2 Å². The molecule has 2 rings (SSSR count). The molecule has 0 aromatic heterocycles. The Morgan fingerprint density at radius 2 is 1.81 bits per heavy atom. The smallest absolute Gasteiger partial charge is 0.242 e. The van der Waals surface area contributed by atoms with E-state index in [-0.39, 0.29) is 23.7 Å². The van der Waals surface area contributed by atoms with Crippen LogP contribution in [-0.2, 0) is 27.7 Å². The van der Waals surface area contributed by atoms with Crippen LogP contribution in [0.5, 0.6) is 0 Å². The van der Waals surface area contributed by atoms with Crippen molar-refractivity contribution in [1.29, 1.82) is 0 Å². The van der Waals surface area contributed by atoms with Crippen LogP contribution in [0.2, 0.25) is 0 Å². The number of nitrogens with two attached hydrogens (primary N) is 1. The highest BCUT2D eigenvalue weighted by molar-refractivity contribution is 7.89. The van der Waals surface area contributed by atoms with Gasteiger partial charge in [0.05, 0.1) is 4.90 Å². The number of nitrogens with zero attached hydrogens (tertiary/aromatic N) is 2. The fourth-order valence-electron chi connectivity index (χ4n) is 3.11. The van der Waals surface area contributed by atoms with Gasteiger partial charge in [0, 0.05) is 33.6 Å². The molecule has 0 spiro atoms. The molecule has 0 aliphatic carbocycles. The van der Waals surface area contributed by atoms with Crippen molar-refractivity contribution >= 4 is 28.3 Å². The van der Waals surface area contributed by atoms with E-state index in [0.29, 0.717) is 37.5 Å². The van der Waals surface area contributed by atoms with Gasteiger partial charge in [0.1, 0.15) is 0 Å². The zero-order chi connectivity index (χ0) is 18.8. The number of carbonyl (C=O) groups is 1. The molecule has 0 fully saturated rings. The van der Waals surface area contributed by atoms with Gasteiger partial charge in [0.25, 0.3) is 0 Å². The van der Waals surface area contributed by atoms with Gasteiger partial charge in [-0.2, -0.15) is 0 Å². The summed E-state index contributed by atoms with van der Waals surface area (Å²) in [4.78, 5) is 13.7. The first-order valence-electron chi connectivity index (χ1n) is 8.60. The number of amides is 1. The third-order valence-electron chi connectivity index (χ3n) is 4.84. The highest BCUT2D eigenvalue weighted by Gasteiger charge is 2.28. The molecular formula is C18H30ClN3O3S. The Kier molecular flexibility index (Phi) is 7.65. The normalized spacial score (nSPS) is 15.2. The summed E-state index contributed by atoms with van der Waals surface area (Å²) < 4.78 is 27.2. The first kappa shape index (κ1) is 22.9. The van der Waals surface area contributed by atoms with Gasteiger partial charge < -0.3 is 10.6 Å². The minimum atomic E-state index is -3.56. The van der Waals surface area contributed by atoms with Crippen LogP contribution in [0.15, 0.2) is 23.1 Å². The maximum atomic E-state index is 12.9. The van der Waals surface area contributed by atoms with E-state index in [4.69, 9.17) is 5.73 Å². The summed E-state index contributed by atoms with van der Waals surface area (Å²) in [6, 6.07) is 5.32. The number of rotatable bonds is 5. The number of carbonyl (C=O) groups excluding carboxylic acids is 1. The Labute approximate surface area is 163 Å². The zero-order valence-corrected chi connectivity index (χ0v) is 17.6. The van der Waals surface area contributed by atoms with Gasteiger partial charge in [-0.3, -0.25) is 4.79 Å². The van der Waals surface area contributed by atoms with E-state index in [0.717, 1.165) is 17.5 Å². The predicted molar refractivity (Wildman–Crippen MR) is 106 cm³/mol. The monoisotopic (exact) mass is 403 g/mol. The molecule has 8 heteroatoms. The van der Waals surface area contributed by atoms with Gasteiger partial charge in [0.15, 0.2) is 0 Å². The van der Waals surface area contributed by atoms with Crippen LogP contribution in [0.4, 0.5) is 0 Å². The summed E-state index contributed by atoms with van der Waals surface area (Å²) in [5.74, 6) is 0.0596. The van der Waals surface area contributed by atoms with Crippen LogP contribution in [0.1, 0.15) is 31.9 Å². The first-order valence-corrected chi connectivity index (χ1v) is 10.0. The highest BCUT2D eigenvalue weighted by atomic mass is 35.5. The van der Waals surface area contributed by atoms with E-state index >= 15 is 0 Å². The Hall–Kier alpha value is -1.15. The maximum absolute atomic E-state index is 12.9. The highest BCUT2D eigenvalue weighted by Crippen LogP contribution is 2.24. The number of halogens is 1. The van der Waals surface area contributed by atoms with Crippen LogP contribution >= 0.6 is 12.4 Å². The first-order chi connectivity index (χ1) is 11.6. The molecule has 26 heavy (non-hydrogen) atoms. The molecule has 148 valence electrons. The molecule has 2 N–H and O–H groups in total. The minimum Gasteiger partial charge on any atom is -0.342 e. The van der Waals surface area contributed by atoms with E-state index in [1.165, 1.54) is 4.31 Å². The van der Waals surface area contributed by atoms with Crippen LogP contribution < -0.4 is 5.73 Å². The summed E-state index contributed by atoms with van der Waals surface area (Å²) in [6.45, 7) is 7.55. The lowest BCUT2D eigenvalue weighted by molar-refractivity contribution is -0.128. The topological polar surface area (TPSA) is 83.7 Å². The Morgan fingerprint density at radius 1 is 1.23 bits per heavy atom. The van der Waals surface area contributed by atoms with Gasteiger partial charge in [-0.05, 0) is 48.1 Å². The molecule has 0 saturated heterocycles. The average Bonchev–Trinajstić information content (AvgIpc) is 2.76. The molecule has 1 aliphatic heterocycles. The Bertz CT molecular complexity index is 750. The van der Waals surface area contributed by atoms with E-state index in [1.54, 1.807) is 26.1 Å². The standard InChI is InChI=1S/C18H29N3O3S.ClH/c1-14(22)21-9-7-15-5-6-17(11-16(15)8-10-21)25(23,24)20(4)13-18(2,3)12-19;/h5-6,11H,7-10,12-13,19H2,1-4H3;1H. The van der Waals surface area contributed by atoms with E-state index < -0.39 is 10.0 Å². The average molecular weight is 404 g/mol. The number of hydrogen-bond donors (Lipinski definition) is 1. The van der Waals surface area contributed by atoms with Crippen molar-refractivity contribution < 1.29 is 13.2 Å². The summed E-state index contributed by atoms with van der Waals surface area (Å²) in [6.07, 6.45) is 1.43. The second-order valence-corrected chi connectivity index (χ2v) is 9.61. The number of fused-ring (bicyclic) bond motifs is 1. The Morgan fingerprint density at radius 3 is 2.35 bits per heavy atom. The lowest BCUT2D eigenvalue weighted by atomic mass is 9.94. The van der Waals surface area contributed by atoms with Crippen molar-refractivity contribution in [3.63, 3.8) is 0 Å². The Balaban J connectivity index is 0.00000338. The summed E-state index contributed by atoms with van der Waals surface area (Å²) >= 11 is 0. The molecule has 6 nitrogen and oxygen atoms in total. The molecule has 1 aromatic rings. The third-order valence-corrected chi connectivity index (χ3v) is 6.64. The number of sulfonamides is 1. The van der Waals surface area contributed by atoms with Gasteiger partial charge in [-0.1, -0.05) is 19.9 Å². The molecule has 1 aliphatic rings. The molecule has 0 unspecified atom stereocenters. The lowest BCUT2D eigenvalue weighted by Crippen LogP contribution is -2.39. The number of benzene rings is 1. The van der Waals surface area contributed by atoms with Crippen LogP contribution in [0.25, 0.3) is 0 Å². The molecular weight excluding hydrogens is 374 g/mol. The second-order valence-electron chi connectivity index (χ2n) is 7.57. The third kappa shape index (κ3) is 5.19. The fourth-order valence-corrected chi connectivity index (χ4v) is 4.52. The molecule has 0 bridgehead atoms. The minimum absolute atomic E-state index is 0. The molecule has 0 saturated carbocycles. The van der Waals surface area contributed by atoms with Gasteiger partial charge in [-0.15, -0.1) is 12.4 Å². The molecule has 0 atom stereocenters. The van der Waals surface area contributed by atoms with Crippen molar-refractivity contribution in [2.24, 2.45) is 11.1 Å². The largest absolute Gasteiger partial charge is 0.342 e.